The number of nitrogens with zero attached hydrogens (tertiary/aromatic N) is 2. The first-order valence-corrected chi connectivity index (χ1v) is 6.07. The van der Waals surface area contributed by atoms with Gasteiger partial charge in [0.15, 0.2) is 0 Å². The van der Waals surface area contributed by atoms with Gasteiger partial charge >= 0.3 is 0 Å². The van der Waals surface area contributed by atoms with Crippen LogP contribution in [0.4, 0.5) is 0 Å². The summed E-state index contributed by atoms with van der Waals surface area (Å²) in [5, 5.41) is 17.9. The molecule has 0 spiro atoms. The van der Waals surface area contributed by atoms with Gasteiger partial charge in [-0.15, -0.1) is 11.6 Å². The standard InChI is InChI=1S/C15H9ClN2O/c16-8-11-4-5-15(13(6-11)10-18)19-14-3-1-2-12(7-14)9-17/h1-7H,8H2. The molecule has 0 aliphatic heterocycles. The van der Waals surface area contributed by atoms with E-state index in [1.165, 1.54) is 0 Å². The number of halogens is 1. The van der Waals surface area contributed by atoms with Crippen molar-refractivity contribution in [2.45, 2.75) is 5.88 Å². The Balaban J connectivity index is 2.33. The zero-order chi connectivity index (χ0) is 13.7. The van der Waals surface area contributed by atoms with Gasteiger partial charge < -0.3 is 4.74 Å². The molecule has 0 radical (unpaired) electrons. The summed E-state index contributed by atoms with van der Waals surface area (Å²) in [5.41, 5.74) is 1.78. The Hall–Kier alpha value is -2.49. The predicted molar refractivity (Wildman–Crippen MR) is 71.9 cm³/mol. The Morgan fingerprint density at radius 2 is 1.89 bits per heavy atom. The number of benzene rings is 2. The molecule has 0 heterocycles. The Labute approximate surface area is 116 Å². The maximum atomic E-state index is 9.09. The number of alkyl halides is 1. The first-order valence-electron chi connectivity index (χ1n) is 5.54. The van der Waals surface area contributed by atoms with Crippen LogP contribution in [0.3, 0.4) is 0 Å². The monoisotopic (exact) mass is 268 g/mol. The van der Waals surface area contributed by atoms with E-state index in [0.717, 1.165) is 5.56 Å². The lowest BCUT2D eigenvalue weighted by atomic mass is 10.1. The Bertz CT molecular complexity index is 683. The SMILES string of the molecule is N#Cc1cccc(Oc2ccc(CCl)cc2C#N)c1. The fraction of sp³-hybridized carbons (Fsp3) is 0.0667. The summed E-state index contributed by atoms with van der Waals surface area (Å²) in [6.45, 7) is 0. The van der Waals surface area contributed by atoms with Gasteiger partial charge in [0.25, 0.3) is 0 Å². The van der Waals surface area contributed by atoms with E-state index < -0.39 is 0 Å². The third-order valence-corrected chi connectivity index (χ3v) is 2.82. The third-order valence-electron chi connectivity index (χ3n) is 2.51. The lowest BCUT2D eigenvalue weighted by Crippen LogP contribution is -1.90. The molecule has 0 aliphatic carbocycles. The molecule has 0 fully saturated rings. The van der Waals surface area contributed by atoms with Crippen LogP contribution in [0.25, 0.3) is 0 Å². The number of hydrogen-bond acceptors (Lipinski definition) is 3. The Kier molecular flexibility index (Phi) is 4.03. The van der Waals surface area contributed by atoms with Crippen molar-refractivity contribution >= 4 is 11.6 Å². The highest BCUT2D eigenvalue weighted by molar-refractivity contribution is 6.17. The maximum absolute atomic E-state index is 9.09. The second-order valence-corrected chi connectivity index (χ2v) is 4.08. The fourth-order valence-corrected chi connectivity index (χ4v) is 1.76. The van der Waals surface area contributed by atoms with Crippen molar-refractivity contribution in [1.29, 1.82) is 10.5 Å². The van der Waals surface area contributed by atoms with Gasteiger partial charge in [0.2, 0.25) is 0 Å². The third kappa shape index (κ3) is 3.04. The molecule has 19 heavy (non-hydrogen) atoms. The Morgan fingerprint density at radius 1 is 1.05 bits per heavy atom. The number of hydrogen-bond donors (Lipinski definition) is 0. The highest BCUT2D eigenvalue weighted by Crippen LogP contribution is 2.26. The van der Waals surface area contributed by atoms with Gasteiger partial charge in [-0.1, -0.05) is 12.1 Å². The van der Waals surface area contributed by atoms with Gasteiger partial charge in [-0.05, 0) is 35.9 Å². The summed E-state index contributed by atoms with van der Waals surface area (Å²) in [7, 11) is 0. The molecule has 0 aliphatic rings. The van der Waals surface area contributed by atoms with Crippen molar-refractivity contribution in [2.24, 2.45) is 0 Å². The largest absolute Gasteiger partial charge is 0.456 e. The lowest BCUT2D eigenvalue weighted by Gasteiger charge is -2.08. The molecule has 2 rings (SSSR count). The molecule has 0 saturated heterocycles. The van der Waals surface area contributed by atoms with Gasteiger partial charge in [0, 0.05) is 5.88 Å². The van der Waals surface area contributed by atoms with E-state index >= 15 is 0 Å². The maximum Gasteiger partial charge on any atom is 0.145 e. The molecule has 0 amide bonds. The van der Waals surface area contributed by atoms with E-state index in [-0.39, 0.29) is 0 Å². The normalized spacial score (nSPS) is 9.42. The van der Waals surface area contributed by atoms with Crippen LogP contribution in [0.1, 0.15) is 16.7 Å². The van der Waals surface area contributed by atoms with Crippen LogP contribution in [0.15, 0.2) is 42.5 Å². The minimum absolute atomic E-state index is 0.346. The van der Waals surface area contributed by atoms with Crippen molar-refractivity contribution in [3.8, 4) is 23.6 Å². The topological polar surface area (TPSA) is 56.8 Å². The zero-order valence-electron chi connectivity index (χ0n) is 9.93. The molecule has 0 unspecified atom stereocenters. The summed E-state index contributed by atoms with van der Waals surface area (Å²) in [6.07, 6.45) is 0. The van der Waals surface area contributed by atoms with Crippen molar-refractivity contribution < 1.29 is 4.74 Å². The average Bonchev–Trinajstić information content (AvgIpc) is 2.48. The summed E-state index contributed by atoms with van der Waals surface area (Å²) >= 11 is 5.72. The van der Waals surface area contributed by atoms with E-state index in [1.54, 1.807) is 42.5 Å². The minimum Gasteiger partial charge on any atom is -0.456 e. The molecule has 92 valence electrons. The summed E-state index contributed by atoms with van der Waals surface area (Å²) < 4.78 is 5.63. The quantitative estimate of drug-likeness (QED) is 0.792. The first kappa shape index (κ1) is 13.0. The van der Waals surface area contributed by atoms with Crippen molar-refractivity contribution in [3.05, 3.63) is 59.2 Å². The van der Waals surface area contributed by atoms with Crippen molar-refractivity contribution in [3.63, 3.8) is 0 Å². The van der Waals surface area contributed by atoms with Gasteiger partial charge in [-0.25, -0.2) is 0 Å². The van der Waals surface area contributed by atoms with E-state index in [0.29, 0.717) is 28.5 Å². The number of ether oxygens (including phenoxy) is 1. The van der Waals surface area contributed by atoms with Crippen LogP contribution >= 0.6 is 11.6 Å². The average molecular weight is 269 g/mol. The van der Waals surface area contributed by atoms with Gasteiger partial charge in [-0.3, -0.25) is 0 Å². The number of rotatable bonds is 3. The molecule has 3 nitrogen and oxygen atoms in total. The molecule has 0 N–H and O–H groups in total. The van der Waals surface area contributed by atoms with Crippen molar-refractivity contribution in [1.82, 2.24) is 0 Å². The first-order chi connectivity index (χ1) is 9.26. The highest BCUT2D eigenvalue weighted by atomic mass is 35.5. The summed E-state index contributed by atoms with van der Waals surface area (Å²) in [4.78, 5) is 0. The van der Waals surface area contributed by atoms with E-state index in [9.17, 15) is 0 Å². The molecule has 0 bridgehead atoms. The molecule has 0 atom stereocenters. The smallest absolute Gasteiger partial charge is 0.145 e. The zero-order valence-corrected chi connectivity index (χ0v) is 10.7. The Morgan fingerprint density at radius 3 is 2.58 bits per heavy atom. The summed E-state index contributed by atoms with van der Waals surface area (Å²) in [6, 6.07) is 16.1. The molecule has 2 aromatic rings. The van der Waals surface area contributed by atoms with Gasteiger partial charge in [-0.2, -0.15) is 10.5 Å². The van der Waals surface area contributed by atoms with Crippen LogP contribution in [-0.4, -0.2) is 0 Å². The van der Waals surface area contributed by atoms with E-state index in [2.05, 4.69) is 6.07 Å². The molecule has 0 saturated carbocycles. The second kappa shape index (κ2) is 5.91. The highest BCUT2D eigenvalue weighted by Gasteiger charge is 2.06. The summed E-state index contributed by atoms with van der Waals surface area (Å²) in [5.74, 6) is 1.32. The van der Waals surface area contributed by atoms with E-state index in [4.69, 9.17) is 26.9 Å². The van der Waals surface area contributed by atoms with Gasteiger partial charge in [0.05, 0.1) is 17.2 Å². The molecular formula is C15H9ClN2O. The minimum atomic E-state index is 0.346. The lowest BCUT2D eigenvalue weighted by molar-refractivity contribution is 0.481. The van der Waals surface area contributed by atoms with Crippen molar-refractivity contribution in [2.75, 3.05) is 0 Å². The van der Waals surface area contributed by atoms with Gasteiger partial charge in [0.1, 0.15) is 17.6 Å². The van der Waals surface area contributed by atoms with Crippen LogP contribution in [0, 0.1) is 22.7 Å². The molecule has 4 heteroatoms. The fourth-order valence-electron chi connectivity index (χ4n) is 1.59. The van der Waals surface area contributed by atoms with Crippen LogP contribution in [0.5, 0.6) is 11.5 Å². The van der Waals surface area contributed by atoms with Crippen LogP contribution in [-0.2, 0) is 5.88 Å². The van der Waals surface area contributed by atoms with E-state index in [1.807, 2.05) is 6.07 Å². The predicted octanol–water partition coefficient (Wildman–Crippen LogP) is 3.96. The van der Waals surface area contributed by atoms with Crippen LogP contribution < -0.4 is 4.74 Å². The van der Waals surface area contributed by atoms with Crippen LogP contribution in [0.2, 0.25) is 0 Å². The number of nitriles is 2. The second-order valence-electron chi connectivity index (χ2n) is 3.82. The molecular weight excluding hydrogens is 260 g/mol. The molecule has 2 aromatic carbocycles. The molecule has 0 aromatic heterocycles.